The molecule has 3 fully saturated rings. The van der Waals surface area contributed by atoms with E-state index in [2.05, 4.69) is 15.3 Å². The first-order valence-corrected chi connectivity index (χ1v) is 6.59. The van der Waals surface area contributed by atoms with Gasteiger partial charge in [-0.1, -0.05) is 0 Å². The van der Waals surface area contributed by atoms with Crippen LogP contribution >= 0.6 is 0 Å². The van der Waals surface area contributed by atoms with Gasteiger partial charge in [0, 0.05) is 43.6 Å². The van der Waals surface area contributed by atoms with E-state index in [-0.39, 0.29) is 5.92 Å². The zero-order valence-corrected chi connectivity index (χ0v) is 10.3. The molecule has 2 heterocycles. The summed E-state index contributed by atoms with van der Waals surface area (Å²) in [6.07, 6.45) is 1.56. The maximum absolute atomic E-state index is 12.5. The largest absolute Gasteiger partial charge is 0.299 e. The molecule has 0 radical (unpaired) electrons. The number of hydrogen-bond donors (Lipinski definition) is 1. The Labute approximate surface area is 101 Å². The SMILES string of the molecule is CNN1CCC2(CCC2N2CC(C(F)F)C2)C1. The van der Waals surface area contributed by atoms with Gasteiger partial charge in [-0.2, -0.15) is 0 Å². The molecule has 3 rings (SSSR count). The van der Waals surface area contributed by atoms with E-state index in [1.165, 1.54) is 19.3 Å². The molecule has 1 N–H and O–H groups in total. The van der Waals surface area contributed by atoms with Gasteiger partial charge in [-0.15, -0.1) is 0 Å². The van der Waals surface area contributed by atoms with Crippen LogP contribution in [0.2, 0.25) is 0 Å². The van der Waals surface area contributed by atoms with Crippen LogP contribution in [0.15, 0.2) is 0 Å². The van der Waals surface area contributed by atoms with Crippen molar-refractivity contribution in [1.82, 2.24) is 15.3 Å². The smallest absolute Gasteiger partial charge is 0.243 e. The Kier molecular flexibility index (Phi) is 2.88. The summed E-state index contributed by atoms with van der Waals surface area (Å²) in [5, 5.41) is 2.26. The van der Waals surface area contributed by atoms with Gasteiger partial charge in [0.15, 0.2) is 0 Å². The minimum Gasteiger partial charge on any atom is -0.299 e. The number of likely N-dealkylation sites (tertiary alicyclic amines) is 1. The molecule has 17 heavy (non-hydrogen) atoms. The van der Waals surface area contributed by atoms with Gasteiger partial charge in [0.25, 0.3) is 0 Å². The Bertz CT molecular complexity index is 293. The predicted octanol–water partition coefficient (Wildman–Crippen LogP) is 1.17. The van der Waals surface area contributed by atoms with Gasteiger partial charge in [0.1, 0.15) is 0 Å². The first-order valence-electron chi connectivity index (χ1n) is 6.59. The third-order valence-electron chi connectivity index (χ3n) is 5.06. The predicted molar refractivity (Wildman–Crippen MR) is 61.8 cm³/mol. The molecule has 1 aliphatic carbocycles. The Morgan fingerprint density at radius 2 is 2.06 bits per heavy atom. The van der Waals surface area contributed by atoms with Crippen LogP contribution in [0.3, 0.4) is 0 Å². The number of rotatable bonds is 3. The number of hydrazine groups is 1. The van der Waals surface area contributed by atoms with Crippen molar-refractivity contribution in [3.05, 3.63) is 0 Å². The summed E-state index contributed by atoms with van der Waals surface area (Å²) >= 11 is 0. The van der Waals surface area contributed by atoms with Crippen molar-refractivity contribution < 1.29 is 8.78 Å². The van der Waals surface area contributed by atoms with Crippen molar-refractivity contribution in [1.29, 1.82) is 0 Å². The Hall–Kier alpha value is -0.260. The highest BCUT2D eigenvalue weighted by molar-refractivity contribution is 5.08. The second-order valence-electron chi connectivity index (χ2n) is 5.86. The first kappa shape index (κ1) is 11.8. The van der Waals surface area contributed by atoms with Crippen LogP contribution in [-0.2, 0) is 0 Å². The zero-order valence-electron chi connectivity index (χ0n) is 10.3. The van der Waals surface area contributed by atoms with E-state index in [1.807, 2.05) is 7.05 Å². The molecule has 1 saturated carbocycles. The molecule has 2 saturated heterocycles. The Morgan fingerprint density at radius 1 is 1.29 bits per heavy atom. The summed E-state index contributed by atoms with van der Waals surface area (Å²) in [6, 6.07) is 0.566. The summed E-state index contributed by atoms with van der Waals surface area (Å²) in [5.74, 6) is -0.366. The lowest BCUT2D eigenvalue weighted by molar-refractivity contribution is -0.110. The highest BCUT2D eigenvalue weighted by atomic mass is 19.3. The number of nitrogens with one attached hydrogen (secondary N) is 1. The molecule has 3 aliphatic rings. The fourth-order valence-corrected chi connectivity index (χ4v) is 3.78. The topological polar surface area (TPSA) is 18.5 Å². The fourth-order valence-electron chi connectivity index (χ4n) is 3.78. The molecule has 3 nitrogen and oxygen atoms in total. The van der Waals surface area contributed by atoms with Crippen LogP contribution in [0.4, 0.5) is 8.78 Å². The van der Waals surface area contributed by atoms with E-state index in [9.17, 15) is 8.78 Å². The molecule has 1 spiro atoms. The maximum Gasteiger partial charge on any atom is 0.243 e. The standard InChI is InChI=1S/C12H21F2N3/c1-15-17-5-4-12(8-17)3-2-10(12)16-6-9(7-16)11(13)14/h9-11,15H,2-8H2,1H3. The Balaban J connectivity index is 1.56. The van der Waals surface area contributed by atoms with Gasteiger partial charge in [-0.3, -0.25) is 10.3 Å². The van der Waals surface area contributed by atoms with E-state index in [0.717, 1.165) is 13.1 Å². The van der Waals surface area contributed by atoms with Crippen molar-refractivity contribution >= 4 is 0 Å². The maximum atomic E-state index is 12.5. The van der Waals surface area contributed by atoms with E-state index in [4.69, 9.17) is 0 Å². The second-order valence-corrected chi connectivity index (χ2v) is 5.86. The molecular weight excluding hydrogens is 224 g/mol. The molecule has 2 aliphatic heterocycles. The van der Waals surface area contributed by atoms with Crippen molar-refractivity contribution in [3.63, 3.8) is 0 Å². The summed E-state index contributed by atoms with van der Waals surface area (Å²) in [6.45, 7) is 3.41. The van der Waals surface area contributed by atoms with Gasteiger partial charge in [0.05, 0.1) is 0 Å². The lowest BCUT2D eigenvalue weighted by Gasteiger charge is -2.57. The molecule has 0 bridgehead atoms. The van der Waals surface area contributed by atoms with Crippen molar-refractivity contribution in [2.45, 2.75) is 31.7 Å². The molecule has 0 aromatic carbocycles. The highest BCUT2D eigenvalue weighted by Gasteiger charge is 2.55. The molecule has 2 atom stereocenters. The molecule has 0 amide bonds. The van der Waals surface area contributed by atoms with Crippen LogP contribution in [0.1, 0.15) is 19.3 Å². The van der Waals surface area contributed by atoms with Gasteiger partial charge in [-0.25, -0.2) is 13.8 Å². The van der Waals surface area contributed by atoms with Crippen LogP contribution < -0.4 is 5.43 Å². The summed E-state index contributed by atoms with van der Waals surface area (Å²) in [7, 11) is 1.96. The number of alkyl halides is 2. The van der Waals surface area contributed by atoms with Gasteiger partial charge < -0.3 is 0 Å². The summed E-state index contributed by atoms with van der Waals surface area (Å²) in [5.41, 5.74) is 3.60. The molecule has 2 unspecified atom stereocenters. The minimum absolute atomic E-state index is 0.366. The number of hydrogen-bond acceptors (Lipinski definition) is 3. The molecular formula is C12H21F2N3. The lowest BCUT2D eigenvalue weighted by atomic mass is 9.62. The average Bonchev–Trinajstić information content (AvgIpc) is 2.66. The monoisotopic (exact) mass is 245 g/mol. The number of nitrogens with zero attached hydrogens (tertiary/aromatic N) is 2. The van der Waals surface area contributed by atoms with Crippen molar-refractivity contribution in [2.75, 3.05) is 33.2 Å². The van der Waals surface area contributed by atoms with E-state index in [0.29, 0.717) is 24.5 Å². The van der Waals surface area contributed by atoms with E-state index >= 15 is 0 Å². The van der Waals surface area contributed by atoms with E-state index in [1.54, 1.807) is 0 Å². The summed E-state index contributed by atoms with van der Waals surface area (Å²) < 4.78 is 25.0. The van der Waals surface area contributed by atoms with E-state index < -0.39 is 6.43 Å². The zero-order chi connectivity index (χ0) is 12.0. The van der Waals surface area contributed by atoms with Crippen LogP contribution in [0, 0.1) is 11.3 Å². The minimum atomic E-state index is -2.13. The van der Waals surface area contributed by atoms with Crippen LogP contribution in [0.25, 0.3) is 0 Å². The average molecular weight is 245 g/mol. The fraction of sp³-hybridized carbons (Fsp3) is 1.00. The molecule has 5 heteroatoms. The van der Waals surface area contributed by atoms with Crippen molar-refractivity contribution in [3.8, 4) is 0 Å². The third-order valence-corrected chi connectivity index (χ3v) is 5.06. The van der Waals surface area contributed by atoms with Gasteiger partial charge in [0.2, 0.25) is 6.43 Å². The quantitative estimate of drug-likeness (QED) is 0.805. The van der Waals surface area contributed by atoms with Crippen LogP contribution in [-0.4, -0.2) is 55.6 Å². The van der Waals surface area contributed by atoms with Crippen molar-refractivity contribution in [2.24, 2.45) is 11.3 Å². The normalized spacial score (nSPS) is 39.9. The molecule has 0 aromatic rings. The van der Waals surface area contributed by atoms with Gasteiger partial charge in [-0.05, 0) is 26.3 Å². The summed E-state index contributed by atoms with van der Waals surface area (Å²) in [4.78, 5) is 2.29. The van der Waals surface area contributed by atoms with Gasteiger partial charge >= 0.3 is 0 Å². The molecule has 98 valence electrons. The highest BCUT2D eigenvalue weighted by Crippen LogP contribution is 2.52. The second kappa shape index (κ2) is 4.14. The lowest BCUT2D eigenvalue weighted by Crippen LogP contribution is -2.64. The third kappa shape index (κ3) is 1.79. The Morgan fingerprint density at radius 3 is 2.53 bits per heavy atom. The first-order chi connectivity index (χ1) is 8.14. The van der Waals surface area contributed by atoms with Crippen LogP contribution in [0.5, 0.6) is 0 Å². The number of halogens is 2. The molecule has 0 aromatic heterocycles.